The fraction of sp³-hybridized carbons (Fsp3) is 0.333. The third-order valence-electron chi connectivity index (χ3n) is 2.84. The molecule has 18 heavy (non-hydrogen) atoms. The van der Waals surface area contributed by atoms with Crippen molar-refractivity contribution in [3.63, 3.8) is 0 Å². The van der Waals surface area contributed by atoms with Gasteiger partial charge in [-0.15, -0.1) is 0 Å². The van der Waals surface area contributed by atoms with Crippen LogP contribution in [0, 0.1) is 0 Å². The summed E-state index contributed by atoms with van der Waals surface area (Å²) < 4.78 is 10.8. The molecule has 0 aliphatic carbocycles. The second-order valence-corrected chi connectivity index (χ2v) is 4.91. The number of aromatic nitrogens is 1. The van der Waals surface area contributed by atoms with Crippen molar-refractivity contribution < 1.29 is 13.9 Å². The van der Waals surface area contributed by atoms with Crippen LogP contribution in [0.15, 0.2) is 34.4 Å². The lowest BCUT2D eigenvalue weighted by atomic mass is 10.3. The van der Waals surface area contributed by atoms with Gasteiger partial charge in [-0.05, 0) is 12.1 Å². The summed E-state index contributed by atoms with van der Waals surface area (Å²) in [5.41, 5.74) is 0. The van der Waals surface area contributed by atoms with Gasteiger partial charge >= 0.3 is 0 Å². The van der Waals surface area contributed by atoms with E-state index in [1.54, 1.807) is 23.2 Å². The first-order valence-corrected chi connectivity index (χ1v) is 6.60. The molecule has 0 radical (unpaired) electrons. The van der Waals surface area contributed by atoms with Crippen LogP contribution in [0.5, 0.6) is 5.19 Å². The molecule has 1 aliphatic heterocycles. The number of carbonyl (C=O) groups is 1. The molecule has 3 rings (SSSR count). The molecular formula is C12H12N2O3S. The highest BCUT2D eigenvalue weighted by molar-refractivity contribution is 7.11. The first-order chi connectivity index (χ1) is 8.83. The molecule has 1 saturated heterocycles. The number of rotatable bonds is 3. The Morgan fingerprint density at radius 2 is 2.56 bits per heavy atom. The summed E-state index contributed by atoms with van der Waals surface area (Å²) in [6, 6.07) is 3.39. The highest BCUT2D eigenvalue weighted by atomic mass is 32.1. The van der Waals surface area contributed by atoms with E-state index in [-0.39, 0.29) is 12.0 Å². The zero-order chi connectivity index (χ0) is 12.4. The Labute approximate surface area is 108 Å². The van der Waals surface area contributed by atoms with E-state index < -0.39 is 0 Å². The van der Waals surface area contributed by atoms with Gasteiger partial charge in [-0.25, -0.2) is 4.98 Å². The summed E-state index contributed by atoms with van der Waals surface area (Å²) in [6.07, 6.45) is 4.06. The quantitative estimate of drug-likeness (QED) is 0.851. The van der Waals surface area contributed by atoms with Crippen LogP contribution in [0.25, 0.3) is 0 Å². The molecule has 1 aliphatic rings. The number of nitrogens with zero attached hydrogens (tertiary/aromatic N) is 2. The van der Waals surface area contributed by atoms with Gasteiger partial charge in [0.05, 0.1) is 12.8 Å². The number of likely N-dealkylation sites (tertiary alicyclic amines) is 1. The number of hydrogen-bond donors (Lipinski definition) is 0. The summed E-state index contributed by atoms with van der Waals surface area (Å²) in [5.74, 6) is 0.301. The minimum absolute atomic E-state index is 0.0232. The molecule has 94 valence electrons. The van der Waals surface area contributed by atoms with Crippen LogP contribution < -0.4 is 4.74 Å². The van der Waals surface area contributed by atoms with Crippen molar-refractivity contribution in [2.45, 2.75) is 12.5 Å². The predicted octanol–water partition coefficient (Wildman–Crippen LogP) is 2.03. The molecule has 1 amide bonds. The molecule has 5 nitrogen and oxygen atoms in total. The van der Waals surface area contributed by atoms with Gasteiger partial charge in [-0.3, -0.25) is 4.79 Å². The summed E-state index contributed by atoms with van der Waals surface area (Å²) in [6.45, 7) is 1.27. The molecule has 0 saturated carbocycles. The molecule has 2 aromatic heterocycles. The number of carbonyl (C=O) groups excluding carboxylic acids is 1. The lowest BCUT2D eigenvalue weighted by Gasteiger charge is -2.14. The minimum atomic E-state index is -0.0785. The van der Waals surface area contributed by atoms with E-state index in [2.05, 4.69) is 4.98 Å². The summed E-state index contributed by atoms with van der Waals surface area (Å²) in [7, 11) is 0. The molecule has 0 bridgehead atoms. The molecule has 3 heterocycles. The van der Waals surface area contributed by atoms with Gasteiger partial charge in [0.2, 0.25) is 0 Å². The van der Waals surface area contributed by atoms with Crippen LogP contribution in [0.1, 0.15) is 17.0 Å². The Balaban J connectivity index is 1.60. The van der Waals surface area contributed by atoms with Gasteiger partial charge < -0.3 is 14.1 Å². The molecular weight excluding hydrogens is 252 g/mol. The van der Waals surface area contributed by atoms with Gasteiger partial charge in [-0.1, -0.05) is 11.3 Å². The van der Waals surface area contributed by atoms with E-state index in [4.69, 9.17) is 9.15 Å². The largest absolute Gasteiger partial charge is 0.465 e. The van der Waals surface area contributed by atoms with Crippen LogP contribution in [0.2, 0.25) is 0 Å². The molecule has 1 atom stereocenters. The maximum atomic E-state index is 12.0. The predicted molar refractivity (Wildman–Crippen MR) is 65.8 cm³/mol. The van der Waals surface area contributed by atoms with Crippen molar-refractivity contribution in [2.24, 2.45) is 0 Å². The number of thiazole rings is 1. The molecule has 0 aromatic carbocycles. The third-order valence-corrected chi connectivity index (χ3v) is 3.50. The third kappa shape index (κ3) is 2.24. The van der Waals surface area contributed by atoms with E-state index in [0.717, 1.165) is 6.42 Å². The average molecular weight is 264 g/mol. The maximum absolute atomic E-state index is 12.0. The van der Waals surface area contributed by atoms with E-state index in [1.807, 2.05) is 5.38 Å². The van der Waals surface area contributed by atoms with Crippen LogP contribution in [0.3, 0.4) is 0 Å². The lowest BCUT2D eigenvalue weighted by Crippen LogP contribution is -2.30. The first kappa shape index (κ1) is 11.3. The molecule has 2 aromatic rings. The van der Waals surface area contributed by atoms with Gasteiger partial charge in [0.25, 0.3) is 11.1 Å². The van der Waals surface area contributed by atoms with Crippen molar-refractivity contribution in [3.8, 4) is 5.19 Å². The Hall–Kier alpha value is -1.82. The smallest absolute Gasteiger partial charge is 0.289 e. The van der Waals surface area contributed by atoms with E-state index in [1.165, 1.54) is 17.6 Å². The maximum Gasteiger partial charge on any atom is 0.289 e. The Kier molecular flexibility index (Phi) is 3.02. The van der Waals surface area contributed by atoms with Crippen molar-refractivity contribution in [1.29, 1.82) is 0 Å². The van der Waals surface area contributed by atoms with Crippen LogP contribution in [-0.2, 0) is 0 Å². The van der Waals surface area contributed by atoms with Crippen LogP contribution >= 0.6 is 11.3 Å². The molecule has 6 heteroatoms. The fourth-order valence-corrected chi connectivity index (χ4v) is 2.53. The topological polar surface area (TPSA) is 55.6 Å². The van der Waals surface area contributed by atoms with E-state index in [9.17, 15) is 4.79 Å². The van der Waals surface area contributed by atoms with Gasteiger partial charge in [0, 0.05) is 24.5 Å². The zero-order valence-corrected chi connectivity index (χ0v) is 10.4. The lowest BCUT2D eigenvalue weighted by molar-refractivity contribution is 0.0741. The number of amides is 1. The molecule has 1 unspecified atom stereocenters. The second-order valence-electron chi connectivity index (χ2n) is 4.06. The van der Waals surface area contributed by atoms with Crippen LogP contribution in [0.4, 0.5) is 0 Å². The van der Waals surface area contributed by atoms with Crippen molar-refractivity contribution in [2.75, 3.05) is 13.1 Å². The number of hydrogen-bond acceptors (Lipinski definition) is 5. The van der Waals surface area contributed by atoms with Gasteiger partial charge in [0.15, 0.2) is 5.76 Å². The Morgan fingerprint density at radius 3 is 3.28 bits per heavy atom. The summed E-state index contributed by atoms with van der Waals surface area (Å²) in [5, 5.41) is 2.53. The van der Waals surface area contributed by atoms with Crippen molar-refractivity contribution in [1.82, 2.24) is 9.88 Å². The minimum Gasteiger partial charge on any atom is -0.465 e. The molecule has 1 fully saturated rings. The number of furan rings is 1. The van der Waals surface area contributed by atoms with Gasteiger partial charge in [0.1, 0.15) is 6.10 Å². The van der Waals surface area contributed by atoms with Crippen molar-refractivity contribution >= 4 is 17.2 Å². The van der Waals surface area contributed by atoms with Crippen molar-refractivity contribution in [3.05, 3.63) is 35.7 Å². The summed E-state index contributed by atoms with van der Waals surface area (Å²) in [4.78, 5) is 17.8. The van der Waals surface area contributed by atoms with E-state index in [0.29, 0.717) is 24.0 Å². The Bertz CT molecular complexity index is 509. The first-order valence-electron chi connectivity index (χ1n) is 5.72. The van der Waals surface area contributed by atoms with E-state index >= 15 is 0 Å². The van der Waals surface area contributed by atoms with Gasteiger partial charge in [-0.2, -0.15) is 0 Å². The highest BCUT2D eigenvalue weighted by Gasteiger charge is 2.29. The van der Waals surface area contributed by atoms with Crippen LogP contribution in [-0.4, -0.2) is 35.0 Å². The highest BCUT2D eigenvalue weighted by Crippen LogP contribution is 2.21. The number of ether oxygens (including phenoxy) is 1. The summed E-state index contributed by atoms with van der Waals surface area (Å²) >= 11 is 1.46. The standard InChI is InChI=1S/C12H12N2O3S/c15-11(10-2-1-6-16-10)14-5-3-9(8-14)17-12-13-4-7-18-12/h1-2,4,6-7,9H,3,5,8H2. The average Bonchev–Trinajstić information content (AvgIpc) is 3.11. The molecule has 0 spiro atoms. The SMILES string of the molecule is O=C(c1ccco1)N1CCC(Oc2nccs2)C1. The molecule has 0 N–H and O–H groups in total. The zero-order valence-electron chi connectivity index (χ0n) is 9.61. The Morgan fingerprint density at radius 1 is 1.61 bits per heavy atom. The fourth-order valence-electron chi connectivity index (χ4n) is 1.98. The second kappa shape index (κ2) is 4.81. The normalized spacial score (nSPS) is 19.1. The monoisotopic (exact) mass is 264 g/mol.